The normalized spacial score (nSPS) is 26.3. The number of aliphatic hydroxyl groups is 4. The van der Waals surface area contributed by atoms with Crippen molar-refractivity contribution in [3.05, 3.63) is 246 Å². The highest BCUT2D eigenvalue weighted by atomic mass is 32.2. The first-order valence-corrected chi connectivity index (χ1v) is 39.1. The molecule has 7 aromatic carbocycles. The summed E-state index contributed by atoms with van der Waals surface area (Å²) in [6.07, 6.45) is -14.5. The van der Waals surface area contributed by atoms with Crippen LogP contribution in [-0.4, -0.2) is 123 Å². The molecule has 10 rings (SSSR count). The Morgan fingerprint density at radius 2 is 0.716 bits per heavy atom. The van der Waals surface area contributed by atoms with Crippen molar-refractivity contribution in [2.45, 2.75) is 159 Å². The first kappa shape index (κ1) is 82.4. The van der Waals surface area contributed by atoms with Crippen LogP contribution >= 0.6 is 35.2 Å². The minimum Gasteiger partial charge on any atom is -0.388 e. The first-order chi connectivity index (χ1) is 48.9. The summed E-state index contributed by atoms with van der Waals surface area (Å²) in [5.74, 6) is -0.125. The van der Waals surface area contributed by atoms with Crippen LogP contribution in [0.1, 0.15) is 74.9 Å². The molecule has 3 aliphatic rings. The molecule has 3 saturated heterocycles. The quantitative estimate of drug-likeness (QED) is 0.0214. The SMILES string of the molecule is CC1[C@H](C)C([C@H](C)COP(=O)(OCc2ccccc2)OCc2ccccc2)O[C@H](F)[C@@H]1OCc1ccccc1.CC1[C@H](C)C([C@H](C)COP(=O)(OCc2ccccc2)OCc2ccccc2)O[C@H](Sc2ccccc2)[C@@H]1OCc1ccccc1.O=P(O)(O)OC[C@@H](O)C1O[C@H](F)[C@H](O)C(O)[C@@H]1O. The van der Waals surface area contributed by atoms with Crippen molar-refractivity contribution in [1.29, 1.82) is 0 Å². The van der Waals surface area contributed by atoms with Gasteiger partial charge in [0.15, 0.2) is 0 Å². The molecular formula is C75H95F2O21P3S. The van der Waals surface area contributed by atoms with Gasteiger partial charge in [-0.3, -0.25) is 31.7 Å². The lowest BCUT2D eigenvalue weighted by atomic mass is 9.79. The topological polar surface area (TPSA) is 283 Å². The Labute approximate surface area is 600 Å². The minimum atomic E-state index is -4.84. The summed E-state index contributed by atoms with van der Waals surface area (Å²) in [5, 5.41) is 37.1. The monoisotopic (exact) mass is 1490 g/mol. The summed E-state index contributed by atoms with van der Waals surface area (Å²) in [4.78, 5) is 17.9. The third kappa shape index (κ3) is 26.0. The predicted octanol–water partition coefficient (Wildman–Crippen LogP) is 14.5. The maximum atomic E-state index is 15.2. The van der Waals surface area contributed by atoms with Gasteiger partial charge in [-0.2, -0.15) is 0 Å². The van der Waals surface area contributed by atoms with Gasteiger partial charge in [-0.05, 0) is 69.2 Å². The highest BCUT2D eigenvalue weighted by molar-refractivity contribution is 7.99. The molecule has 18 atom stereocenters. The number of thioether (sulfide) groups is 1. The van der Waals surface area contributed by atoms with E-state index in [1.807, 2.05) is 209 Å². The summed E-state index contributed by atoms with van der Waals surface area (Å²) in [7, 11) is -12.7. The number of phosphoric acid groups is 3. The first-order valence-electron chi connectivity index (χ1n) is 33.8. The third-order valence-corrected chi connectivity index (χ3v) is 22.2. The Bertz CT molecular complexity index is 3540. The van der Waals surface area contributed by atoms with Crippen molar-refractivity contribution >= 4 is 35.2 Å². The van der Waals surface area contributed by atoms with E-state index in [9.17, 15) is 33.4 Å². The van der Waals surface area contributed by atoms with Crippen LogP contribution < -0.4 is 0 Å². The fraction of sp³-hybridized carbons (Fsp3) is 0.440. The number of hydrogen-bond donors (Lipinski definition) is 6. The fourth-order valence-electron chi connectivity index (χ4n) is 11.6. The average Bonchev–Trinajstić information content (AvgIpc) is 0.804. The molecule has 0 amide bonds. The summed E-state index contributed by atoms with van der Waals surface area (Å²) in [5.41, 5.74) is 5.35. The second kappa shape index (κ2) is 41.0. The maximum absolute atomic E-state index is 15.2. The molecule has 7 aromatic rings. The number of aliphatic hydroxyl groups excluding tert-OH is 4. The van der Waals surface area contributed by atoms with Gasteiger partial charge in [0.05, 0.1) is 77.8 Å². The highest BCUT2D eigenvalue weighted by Crippen LogP contribution is 2.54. The fourth-order valence-corrected chi connectivity index (χ4v) is 15.7. The molecule has 3 heterocycles. The van der Waals surface area contributed by atoms with E-state index >= 15 is 4.39 Å². The number of hydrogen-bond acceptors (Lipinski definition) is 20. The minimum absolute atomic E-state index is 0.0187. The van der Waals surface area contributed by atoms with Crippen molar-refractivity contribution in [2.24, 2.45) is 35.5 Å². The molecular weight excluding hydrogens is 1400 g/mol. The van der Waals surface area contributed by atoms with Gasteiger partial charge in [0, 0.05) is 16.7 Å². The Kier molecular flexibility index (Phi) is 33.1. The number of alkyl halides is 2. The van der Waals surface area contributed by atoms with Crippen LogP contribution in [0.4, 0.5) is 8.78 Å². The van der Waals surface area contributed by atoms with Gasteiger partial charge >= 0.3 is 23.5 Å². The van der Waals surface area contributed by atoms with Gasteiger partial charge < -0.3 is 53.9 Å². The molecule has 3 aliphatic heterocycles. The van der Waals surface area contributed by atoms with Gasteiger partial charge in [-0.1, -0.05) is 253 Å². The summed E-state index contributed by atoms with van der Waals surface area (Å²) in [6, 6.07) is 68.2. The molecule has 21 nitrogen and oxygen atoms in total. The van der Waals surface area contributed by atoms with E-state index in [1.54, 1.807) is 11.8 Å². The molecule has 0 spiro atoms. The lowest BCUT2D eigenvalue weighted by Crippen LogP contribution is -2.60. The summed E-state index contributed by atoms with van der Waals surface area (Å²) in [6.45, 7) is 12.8. The summed E-state index contributed by atoms with van der Waals surface area (Å²) < 4.78 is 135. The van der Waals surface area contributed by atoms with Crippen LogP contribution in [0.25, 0.3) is 0 Å². The Morgan fingerprint density at radius 1 is 0.392 bits per heavy atom. The van der Waals surface area contributed by atoms with E-state index in [0.717, 1.165) is 38.3 Å². The number of phosphoric ester groups is 3. The maximum Gasteiger partial charge on any atom is 0.475 e. The van der Waals surface area contributed by atoms with Gasteiger partial charge in [0.25, 0.3) is 0 Å². The molecule has 556 valence electrons. The van der Waals surface area contributed by atoms with Gasteiger partial charge in [-0.25, -0.2) is 22.5 Å². The van der Waals surface area contributed by atoms with E-state index in [-0.39, 0.29) is 92.8 Å². The number of ether oxygens (including phenoxy) is 5. The molecule has 27 heteroatoms. The van der Waals surface area contributed by atoms with E-state index in [4.69, 9.17) is 61.0 Å². The van der Waals surface area contributed by atoms with Crippen LogP contribution in [0, 0.1) is 35.5 Å². The van der Waals surface area contributed by atoms with Crippen LogP contribution in [0.3, 0.4) is 0 Å². The number of halogens is 2. The van der Waals surface area contributed by atoms with Crippen molar-refractivity contribution < 1.29 is 108 Å². The van der Waals surface area contributed by atoms with E-state index in [1.165, 1.54) is 0 Å². The largest absolute Gasteiger partial charge is 0.475 e. The summed E-state index contributed by atoms with van der Waals surface area (Å²) >= 11 is 1.68. The zero-order valence-electron chi connectivity index (χ0n) is 57.8. The Balaban J connectivity index is 0.000000211. The molecule has 3 fully saturated rings. The lowest BCUT2D eigenvalue weighted by molar-refractivity contribution is -0.276. The molecule has 6 N–H and O–H groups in total. The van der Waals surface area contributed by atoms with E-state index in [0.29, 0.717) is 13.2 Å². The van der Waals surface area contributed by atoms with E-state index < -0.39 is 85.5 Å². The predicted molar refractivity (Wildman–Crippen MR) is 380 cm³/mol. The number of rotatable bonds is 32. The molecule has 0 saturated carbocycles. The van der Waals surface area contributed by atoms with Crippen LogP contribution in [0.5, 0.6) is 0 Å². The number of benzene rings is 7. The molecule has 0 radical (unpaired) electrons. The molecule has 0 bridgehead atoms. The Hall–Kier alpha value is -5.28. The van der Waals surface area contributed by atoms with Gasteiger partial charge in [0.2, 0.25) is 12.7 Å². The molecule has 0 aliphatic carbocycles. The second-order valence-electron chi connectivity index (χ2n) is 25.6. The third-order valence-electron chi connectivity index (χ3n) is 17.8. The van der Waals surface area contributed by atoms with Gasteiger partial charge in [-0.15, -0.1) is 0 Å². The Morgan fingerprint density at radius 3 is 1.09 bits per heavy atom. The van der Waals surface area contributed by atoms with Crippen molar-refractivity contribution in [1.82, 2.24) is 0 Å². The molecule has 0 aromatic heterocycles. The van der Waals surface area contributed by atoms with Crippen LogP contribution in [-0.2, 0) is 109 Å². The van der Waals surface area contributed by atoms with E-state index in [2.05, 4.69) is 54.3 Å². The van der Waals surface area contributed by atoms with Crippen molar-refractivity contribution in [3.8, 4) is 0 Å². The van der Waals surface area contributed by atoms with Crippen LogP contribution in [0.2, 0.25) is 0 Å². The molecule has 6 unspecified atom stereocenters. The van der Waals surface area contributed by atoms with Crippen molar-refractivity contribution in [3.63, 3.8) is 0 Å². The molecule has 102 heavy (non-hydrogen) atoms. The lowest BCUT2D eigenvalue weighted by Gasteiger charge is -2.46. The average molecular weight is 1500 g/mol. The smallest absolute Gasteiger partial charge is 0.388 e. The zero-order valence-corrected chi connectivity index (χ0v) is 61.3. The standard InChI is InChI=1S/C37H43O6PS.C31H38FO6P.C7H14FO9P/c1-28(24-40-44(38,41-26-32-18-10-5-11-19-32)42-27-33-20-12-6-13-21-33)35-29(2)30(3)36(39-25-31-16-8-4-9-17-31)37(43-35)45-34-22-14-7-15-23-34;1-23(29-24(2)25(3)30(31(32)38-29)34-20-26-13-7-4-8-14-26)19-35-39(33,36-21-27-15-9-5-10-16-27)37-22-28-17-11-6-12-18-28;8-7-5(12)3(10)4(11)6(17-7)2(9)1-16-18(13,14)15/h4-23,28-30,35-37H,24-27H2,1-3H3;4-18,23-25,29-31H,19-22H2,1-3H3;2-7,9-12H,1H2,(H2,13,14,15)/t28-,29+,30?,35?,36-,37-;23-,24+,25?,29?,30-,31+;2-,3?,4+,5-,6?,7+/m111/s1. The van der Waals surface area contributed by atoms with Crippen molar-refractivity contribution in [2.75, 3.05) is 19.8 Å². The second-order valence-corrected chi connectivity index (χ2v) is 31.3. The zero-order chi connectivity index (χ0) is 73.2. The highest BCUT2D eigenvalue weighted by Gasteiger charge is 2.49. The van der Waals surface area contributed by atoms with Gasteiger partial charge in [0.1, 0.15) is 42.1 Å². The van der Waals surface area contributed by atoms with Crippen LogP contribution in [0.15, 0.2) is 217 Å².